The van der Waals surface area contributed by atoms with Gasteiger partial charge in [-0.05, 0) is 111 Å². The lowest BCUT2D eigenvalue weighted by Crippen LogP contribution is -1.97. The summed E-state index contributed by atoms with van der Waals surface area (Å²) in [5.74, 6) is -1.77. The minimum Gasteiger partial charge on any atom is -0.481 e. The Morgan fingerprint density at radius 3 is 1.77 bits per heavy atom. The number of allylic oxidation sites excluding steroid dienone is 4. The van der Waals surface area contributed by atoms with Crippen LogP contribution in [-0.2, 0) is 9.59 Å². The van der Waals surface area contributed by atoms with Gasteiger partial charge in [-0.25, -0.2) is 9.97 Å². The second kappa shape index (κ2) is 11.7. The topological polar surface area (TPSA) is 132 Å². The Balaban J connectivity index is 1.94. The molecule has 43 heavy (non-hydrogen) atoms. The summed E-state index contributed by atoms with van der Waals surface area (Å²) in [6.07, 6.45) is 2.37. The average Bonchev–Trinajstić information content (AvgIpc) is 3.59. The highest BCUT2D eigenvalue weighted by Gasteiger charge is 2.23. The number of nitrogens with zero attached hydrogens (tertiary/aromatic N) is 2. The number of aliphatic carboxylic acids is 2. The number of fused-ring (bicyclic) bond motifs is 8. The second-order valence-corrected chi connectivity index (χ2v) is 12.0. The first kappa shape index (κ1) is 30.1. The molecule has 4 N–H and O–H groups in total. The van der Waals surface area contributed by atoms with Gasteiger partial charge in [0.1, 0.15) is 0 Å². The van der Waals surface area contributed by atoms with E-state index in [1.807, 2.05) is 45.0 Å². The molecular weight excluding hydrogens is 560 g/mol. The maximum absolute atomic E-state index is 11.6. The highest BCUT2D eigenvalue weighted by Crippen LogP contribution is 2.38. The molecular formula is C34H36N4O4S. The fourth-order valence-corrected chi connectivity index (χ4v) is 6.37. The molecule has 0 radical (unpaired) electrons. The maximum atomic E-state index is 11.6. The molecule has 8 nitrogen and oxygen atoms in total. The highest BCUT2D eigenvalue weighted by molar-refractivity contribution is 7.80. The zero-order valence-corrected chi connectivity index (χ0v) is 25.9. The van der Waals surface area contributed by atoms with Crippen molar-refractivity contribution in [3.8, 4) is 0 Å². The summed E-state index contributed by atoms with van der Waals surface area (Å²) >= 11 is 4.80. The summed E-state index contributed by atoms with van der Waals surface area (Å²) in [6, 6.07) is 7.95. The number of thiol groups is 1. The quantitative estimate of drug-likeness (QED) is 0.167. The van der Waals surface area contributed by atoms with Crippen molar-refractivity contribution in [3.63, 3.8) is 0 Å². The Kier molecular flexibility index (Phi) is 8.21. The van der Waals surface area contributed by atoms with Crippen LogP contribution >= 0.6 is 12.6 Å². The summed E-state index contributed by atoms with van der Waals surface area (Å²) in [5.41, 5.74) is 14.0. The summed E-state index contributed by atoms with van der Waals surface area (Å²) in [6.45, 7) is 14.1. The molecule has 5 heterocycles. The zero-order chi connectivity index (χ0) is 31.2. The van der Waals surface area contributed by atoms with Gasteiger partial charge in [0.2, 0.25) is 0 Å². The summed E-state index contributed by atoms with van der Waals surface area (Å²) in [5, 5.41) is 18.9. The third-order valence-electron chi connectivity index (χ3n) is 8.43. The largest absolute Gasteiger partial charge is 0.481 e. The van der Waals surface area contributed by atoms with Crippen LogP contribution in [0, 0.1) is 13.8 Å². The number of hydrogen-bond acceptors (Lipinski definition) is 5. The molecule has 0 aromatic carbocycles. The van der Waals surface area contributed by atoms with E-state index >= 15 is 0 Å². The van der Waals surface area contributed by atoms with E-state index in [4.69, 9.17) is 22.6 Å². The summed E-state index contributed by atoms with van der Waals surface area (Å²) < 4.78 is 0. The lowest BCUT2D eigenvalue weighted by atomic mass is 9.98. The van der Waals surface area contributed by atoms with Gasteiger partial charge in [-0.15, -0.1) is 0 Å². The van der Waals surface area contributed by atoms with E-state index < -0.39 is 11.9 Å². The van der Waals surface area contributed by atoms with Gasteiger partial charge in [0.25, 0.3) is 0 Å². The van der Waals surface area contributed by atoms with Crippen LogP contribution in [0.5, 0.6) is 0 Å². The van der Waals surface area contributed by atoms with E-state index in [1.54, 1.807) is 0 Å². The average molecular weight is 597 g/mol. The molecule has 5 rings (SSSR count). The van der Waals surface area contributed by atoms with E-state index in [-0.39, 0.29) is 18.1 Å². The van der Waals surface area contributed by atoms with Crippen molar-refractivity contribution in [1.82, 2.24) is 19.9 Å². The van der Waals surface area contributed by atoms with Crippen LogP contribution in [0.3, 0.4) is 0 Å². The normalized spacial score (nSPS) is 13.9. The van der Waals surface area contributed by atoms with Crippen LogP contribution in [0.4, 0.5) is 0 Å². The fourth-order valence-electron chi connectivity index (χ4n) is 6.04. The number of carboxylic acid groups (broad SMARTS) is 2. The van der Waals surface area contributed by atoms with Crippen LogP contribution in [0.25, 0.3) is 50.4 Å². The molecule has 0 fully saturated rings. The smallest absolute Gasteiger partial charge is 0.303 e. The third-order valence-corrected chi connectivity index (χ3v) is 8.69. The molecule has 1 atom stereocenters. The Hall–Kier alpha value is -4.37. The summed E-state index contributed by atoms with van der Waals surface area (Å²) in [7, 11) is 0. The molecule has 222 valence electrons. The molecule has 9 heteroatoms. The number of nitrogens with one attached hydrogen (secondary N) is 2. The number of aryl methyl sites for hydroxylation is 2. The van der Waals surface area contributed by atoms with Crippen molar-refractivity contribution < 1.29 is 19.8 Å². The lowest BCUT2D eigenvalue weighted by molar-refractivity contribution is -0.137. The van der Waals surface area contributed by atoms with Crippen molar-refractivity contribution in [3.05, 3.63) is 75.9 Å². The minimum atomic E-state index is -0.888. The van der Waals surface area contributed by atoms with Crippen molar-refractivity contribution in [2.75, 3.05) is 0 Å². The molecule has 8 bridgehead atoms. The monoisotopic (exact) mass is 596 g/mol. The van der Waals surface area contributed by atoms with Gasteiger partial charge in [0.05, 0.1) is 22.8 Å². The van der Waals surface area contributed by atoms with Gasteiger partial charge in [-0.2, -0.15) is 12.6 Å². The molecule has 0 spiro atoms. The Morgan fingerprint density at radius 1 is 0.791 bits per heavy atom. The van der Waals surface area contributed by atoms with Gasteiger partial charge < -0.3 is 20.2 Å². The van der Waals surface area contributed by atoms with Crippen molar-refractivity contribution in [2.24, 2.45) is 0 Å². The first-order valence-corrected chi connectivity index (χ1v) is 14.8. The van der Waals surface area contributed by atoms with Crippen LogP contribution in [0.15, 0.2) is 30.8 Å². The van der Waals surface area contributed by atoms with E-state index in [0.29, 0.717) is 24.2 Å². The Morgan fingerprint density at radius 2 is 1.28 bits per heavy atom. The number of aromatic amines is 2. The van der Waals surface area contributed by atoms with Gasteiger partial charge >= 0.3 is 11.9 Å². The van der Waals surface area contributed by atoms with Crippen LogP contribution in [0.2, 0.25) is 0 Å². The molecule has 0 unspecified atom stereocenters. The molecule has 0 saturated heterocycles. The van der Waals surface area contributed by atoms with Crippen molar-refractivity contribution in [1.29, 1.82) is 0 Å². The first-order valence-electron chi connectivity index (χ1n) is 14.3. The molecule has 3 aromatic heterocycles. The SMILES string of the molecule is C=Cc1c(C)c2cc3[nH]c(cc4nc(cc5nc(cc1[nH]2)C(C)=C5CCC(=O)O)C(CCC(=O)O)=C4C)c(C)c3[C@H](C)S. The number of rotatable bonds is 8. The molecule has 0 saturated carbocycles. The highest BCUT2D eigenvalue weighted by atomic mass is 32.1. The van der Waals surface area contributed by atoms with Gasteiger partial charge in [-0.1, -0.05) is 12.7 Å². The zero-order valence-electron chi connectivity index (χ0n) is 25.1. The van der Waals surface area contributed by atoms with E-state index in [0.717, 1.165) is 78.0 Å². The fraction of sp³-hybridized carbons (Fsp3) is 0.294. The molecule has 3 aromatic rings. The molecule has 2 aliphatic rings. The number of H-pyrrole nitrogens is 2. The first-order chi connectivity index (χ1) is 20.4. The van der Waals surface area contributed by atoms with Crippen LogP contribution in [-0.4, -0.2) is 42.1 Å². The minimum absolute atomic E-state index is 0.0332. The van der Waals surface area contributed by atoms with Gasteiger partial charge in [-0.3, -0.25) is 9.59 Å². The van der Waals surface area contributed by atoms with E-state index in [1.165, 1.54) is 0 Å². The van der Waals surface area contributed by atoms with Gasteiger partial charge in [0.15, 0.2) is 0 Å². The number of aromatic nitrogens is 4. The maximum Gasteiger partial charge on any atom is 0.303 e. The van der Waals surface area contributed by atoms with Gasteiger partial charge in [0, 0.05) is 45.7 Å². The standard InChI is InChI=1S/C34H36N4O4S/c1-7-21-16(2)26-14-31-34(20(6)43)19(5)27(38-31)12-24-17(3)22(8-10-32(39)40)29(36-24)15-30-23(9-11-33(41)42)18(4)25(37-30)13-28(21)35-26/h7,12-15,20,35,38,43H,1,8-11H2,2-6H3,(H,39,40)(H,41,42)/t20-/m0/s1. The molecule has 0 aliphatic carbocycles. The van der Waals surface area contributed by atoms with E-state index in [2.05, 4.69) is 36.5 Å². The van der Waals surface area contributed by atoms with Crippen molar-refractivity contribution >= 4 is 75.0 Å². The lowest BCUT2D eigenvalue weighted by Gasteiger charge is -2.05. The van der Waals surface area contributed by atoms with E-state index in [9.17, 15) is 19.8 Å². The second-order valence-electron chi connectivity index (χ2n) is 11.2. The molecule has 2 aliphatic heterocycles. The predicted molar refractivity (Wildman–Crippen MR) is 177 cm³/mol. The predicted octanol–water partition coefficient (Wildman–Crippen LogP) is 8.16. The Bertz CT molecular complexity index is 1920. The Labute approximate surface area is 255 Å². The van der Waals surface area contributed by atoms with Crippen LogP contribution in [0.1, 0.15) is 96.7 Å². The van der Waals surface area contributed by atoms with Crippen molar-refractivity contribution in [2.45, 2.75) is 65.6 Å². The summed E-state index contributed by atoms with van der Waals surface area (Å²) in [4.78, 5) is 40.2. The van der Waals surface area contributed by atoms with Crippen LogP contribution < -0.4 is 0 Å². The number of carboxylic acids is 2. The number of carbonyl (C=O) groups is 2. The third kappa shape index (κ3) is 5.69. The molecule has 0 amide bonds. The number of hydrogen-bond donors (Lipinski definition) is 5.